The van der Waals surface area contributed by atoms with Crippen molar-refractivity contribution in [2.75, 3.05) is 0 Å². The summed E-state index contributed by atoms with van der Waals surface area (Å²) >= 11 is 0. The van der Waals surface area contributed by atoms with Gasteiger partial charge in [-0.05, 0) is 44.1 Å². The van der Waals surface area contributed by atoms with Gasteiger partial charge in [-0.3, -0.25) is 4.79 Å². The second-order valence-corrected chi connectivity index (χ2v) is 4.85. The van der Waals surface area contributed by atoms with E-state index in [4.69, 9.17) is 0 Å². The van der Waals surface area contributed by atoms with Crippen molar-refractivity contribution in [3.05, 3.63) is 23.3 Å². The van der Waals surface area contributed by atoms with Gasteiger partial charge in [-0.15, -0.1) is 0 Å². The lowest BCUT2D eigenvalue weighted by Crippen LogP contribution is -2.08. The van der Waals surface area contributed by atoms with Gasteiger partial charge in [0, 0.05) is 0 Å². The third-order valence-electron chi connectivity index (χ3n) is 3.37. The van der Waals surface area contributed by atoms with Crippen molar-refractivity contribution < 1.29 is 13.6 Å². The lowest BCUT2D eigenvalue weighted by molar-refractivity contribution is -0.112. The number of hydrogen-bond donors (Lipinski definition) is 0. The van der Waals surface area contributed by atoms with Gasteiger partial charge in [0.1, 0.15) is 0 Å². The number of halogens is 2. The molecular formula is C15H22F2O. The highest BCUT2D eigenvalue weighted by atomic mass is 19.3. The maximum atomic E-state index is 12.9. The van der Waals surface area contributed by atoms with E-state index in [-0.39, 0.29) is 12.0 Å². The molecule has 0 amide bonds. The largest absolute Gasteiger partial charge is 0.289 e. The molecule has 102 valence electrons. The van der Waals surface area contributed by atoms with Gasteiger partial charge in [0.2, 0.25) is 0 Å². The standard InChI is InChI=1S/C15H22F2O/c1-2-3-6-11-13(15(16)17)14(18)12-9-7-4-5-8-10-12/h9H,2-8,10-11H2,1H3. The third-order valence-corrected chi connectivity index (χ3v) is 3.37. The zero-order valence-corrected chi connectivity index (χ0v) is 11.1. The first-order valence-corrected chi connectivity index (χ1v) is 6.94. The van der Waals surface area contributed by atoms with Crippen LogP contribution >= 0.6 is 0 Å². The Morgan fingerprint density at radius 2 is 2.00 bits per heavy atom. The van der Waals surface area contributed by atoms with Crippen LogP contribution in [0.3, 0.4) is 0 Å². The van der Waals surface area contributed by atoms with Crippen LogP contribution in [0.2, 0.25) is 0 Å². The molecule has 0 aromatic carbocycles. The van der Waals surface area contributed by atoms with Gasteiger partial charge in [-0.25, -0.2) is 0 Å². The third kappa shape index (κ3) is 4.71. The first-order chi connectivity index (χ1) is 8.66. The molecule has 0 saturated carbocycles. The van der Waals surface area contributed by atoms with Crippen molar-refractivity contribution in [1.29, 1.82) is 0 Å². The molecule has 0 unspecified atom stereocenters. The van der Waals surface area contributed by atoms with Crippen molar-refractivity contribution in [2.45, 2.75) is 64.7 Å². The molecule has 0 fully saturated rings. The minimum atomic E-state index is -1.79. The molecule has 0 aromatic rings. The molecule has 1 aliphatic rings. The highest BCUT2D eigenvalue weighted by Crippen LogP contribution is 2.25. The summed E-state index contributed by atoms with van der Waals surface area (Å²) in [6.45, 7) is 2.02. The van der Waals surface area contributed by atoms with Gasteiger partial charge >= 0.3 is 0 Å². The molecule has 0 aromatic heterocycles. The number of carbonyl (C=O) groups is 1. The maximum Gasteiger partial charge on any atom is 0.277 e. The molecule has 0 bridgehead atoms. The molecule has 0 radical (unpaired) electrons. The number of allylic oxidation sites excluding steroid dienone is 3. The molecule has 0 spiro atoms. The first-order valence-electron chi connectivity index (χ1n) is 6.94. The highest BCUT2D eigenvalue weighted by Gasteiger charge is 2.20. The van der Waals surface area contributed by atoms with E-state index in [1.165, 1.54) is 0 Å². The van der Waals surface area contributed by atoms with Crippen LogP contribution in [0.25, 0.3) is 0 Å². The molecule has 3 heteroatoms. The van der Waals surface area contributed by atoms with Crippen LogP contribution in [0.4, 0.5) is 8.78 Å². The van der Waals surface area contributed by atoms with Gasteiger partial charge < -0.3 is 0 Å². The number of Topliss-reactive ketones (excluding diaryl/α,β-unsaturated/α-hetero) is 1. The van der Waals surface area contributed by atoms with Gasteiger partial charge in [0.05, 0.1) is 5.57 Å². The molecule has 0 heterocycles. The van der Waals surface area contributed by atoms with E-state index in [1.807, 2.05) is 13.0 Å². The summed E-state index contributed by atoms with van der Waals surface area (Å²) < 4.78 is 25.7. The molecule has 1 nitrogen and oxygen atoms in total. The summed E-state index contributed by atoms with van der Waals surface area (Å²) in [6, 6.07) is 0. The average molecular weight is 256 g/mol. The Morgan fingerprint density at radius 3 is 2.67 bits per heavy atom. The summed E-state index contributed by atoms with van der Waals surface area (Å²) in [5.41, 5.74) is 0.350. The van der Waals surface area contributed by atoms with Crippen molar-refractivity contribution in [3.63, 3.8) is 0 Å². The van der Waals surface area contributed by atoms with E-state index < -0.39 is 11.9 Å². The smallest absolute Gasteiger partial charge is 0.277 e. The predicted octanol–water partition coefficient (Wildman–Crippen LogP) is 5.18. The number of rotatable bonds is 6. The van der Waals surface area contributed by atoms with Crippen LogP contribution in [-0.2, 0) is 4.79 Å². The Hall–Kier alpha value is -0.990. The summed E-state index contributed by atoms with van der Waals surface area (Å²) in [6.07, 6.45) is 7.40. The van der Waals surface area contributed by atoms with Gasteiger partial charge in [0.25, 0.3) is 6.08 Å². The summed E-state index contributed by atoms with van der Waals surface area (Å²) in [7, 11) is 0. The van der Waals surface area contributed by atoms with E-state index in [0.717, 1.165) is 38.5 Å². The molecule has 0 aliphatic heterocycles. The fourth-order valence-corrected chi connectivity index (χ4v) is 2.26. The van der Waals surface area contributed by atoms with Crippen LogP contribution in [0, 0.1) is 0 Å². The van der Waals surface area contributed by atoms with Gasteiger partial charge in [0.15, 0.2) is 5.78 Å². The SMILES string of the molecule is CCCCCC(C(=O)C1=CCCCCC1)=C(F)F. The van der Waals surface area contributed by atoms with Crippen LogP contribution < -0.4 is 0 Å². The van der Waals surface area contributed by atoms with Crippen molar-refractivity contribution in [3.8, 4) is 0 Å². The Morgan fingerprint density at radius 1 is 1.22 bits per heavy atom. The summed E-state index contributed by atoms with van der Waals surface area (Å²) in [5.74, 6) is -0.409. The van der Waals surface area contributed by atoms with Crippen LogP contribution in [0.15, 0.2) is 23.3 Å². The minimum absolute atomic E-state index is 0.215. The number of carbonyl (C=O) groups excluding carboxylic acids is 1. The van der Waals surface area contributed by atoms with Gasteiger partial charge in [-0.2, -0.15) is 8.78 Å². The van der Waals surface area contributed by atoms with E-state index in [1.54, 1.807) is 0 Å². The summed E-state index contributed by atoms with van der Waals surface area (Å²) in [4.78, 5) is 12.1. The van der Waals surface area contributed by atoms with E-state index in [9.17, 15) is 13.6 Å². The Balaban J connectivity index is 2.70. The monoisotopic (exact) mass is 256 g/mol. The minimum Gasteiger partial charge on any atom is -0.289 e. The molecular weight excluding hydrogens is 234 g/mol. The van der Waals surface area contributed by atoms with Crippen molar-refractivity contribution in [1.82, 2.24) is 0 Å². The number of ketones is 1. The zero-order valence-electron chi connectivity index (χ0n) is 11.1. The molecule has 0 atom stereocenters. The zero-order chi connectivity index (χ0) is 13.4. The second-order valence-electron chi connectivity index (χ2n) is 4.85. The quantitative estimate of drug-likeness (QED) is 0.473. The van der Waals surface area contributed by atoms with Crippen molar-refractivity contribution in [2.24, 2.45) is 0 Å². The number of hydrogen-bond acceptors (Lipinski definition) is 1. The lowest BCUT2D eigenvalue weighted by atomic mass is 9.96. The summed E-state index contributed by atoms with van der Waals surface area (Å²) in [5, 5.41) is 0. The van der Waals surface area contributed by atoms with Crippen molar-refractivity contribution >= 4 is 5.78 Å². The Bertz CT molecular complexity index is 338. The molecule has 18 heavy (non-hydrogen) atoms. The predicted molar refractivity (Wildman–Crippen MR) is 69.6 cm³/mol. The number of unbranched alkanes of at least 4 members (excludes halogenated alkanes) is 2. The Labute approximate surface area is 108 Å². The fourth-order valence-electron chi connectivity index (χ4n) is 2.26. The van der Waals surface area contributed by atoms with Gasteiger partial charge in [-0.1, -0.05) is 32.3 Å². The second kappa shape index (κ2) is 8.17. The van der Waals surface area contributed by atoms with E-state index in [0.29, 0.717) is 18.4 Å². The highest BCUT2D eigenvalue weighted by molar-refractivity contribution is 6.08. The van der Waals surface area contributed by atoms with Crippen LogP contribution in [0.5, 0.6) is 0 Å². The molecule has 1 aliphatic carbocycles. The maximum absolute atomic E-state index is 12.9. The topological polar surface area (TPSA) is 17.1 Å². The average Bonchev–Trinajstić information content (AvgIpc) is 2.62. The lowest BCUT2D eigenvalue weighted by Gasteiger charge is -2.08. The normalized spacial score (nSPS) is 15.8. The Kier molecular flexibility index (Phi) is 6.84. The molecule has 0 N–H and O–H groups in total. The van der Waals surface area contributed by atoms with Crippen LogP contribution in [-0.4, -0.2) is 5.78 Å². The first kappa shape index (κ1) is 15.1. The fraction of sp³-hybridized carbons (Fsp3) is 0.667. The molecule has 1 rings (SSSR count). The van der Waals surface area contributed by atoms with Crippen LogP contribution in [0.1, 0.15) is 64.7 Å². The van der Waals surface area contributed by atoms with E-state index in [2.05, 4.69) is 0 Å². The van der Waals surface area contributed by atoms with E-state index >= 15 is 0 Å². The molecule has 0 saturated heterocycles.